The molecule has 1 atom stereocenters. The predicted octanol–water partition coefficient (Wildman–Crippen LogP) is 2.66. The van der Waals surface area contributed by atoms with Gasteiger partial charge in [0.15, 0.2) is 0 Å². The van der Waals surface area contributed by atoms with Crippen molar-refractivity contribution < 1.29 is 4.79 Å². The second-order valence-electron chi connectivity index (χ2n) is 6.43. The molecular formula is C19H26N4O. The number of carbonyl (C=O) groups is 1. The van der Waals surface area contributed by atoms with Crippen molar-refractivity contribution in [1.29, 1.82) is 0 Å². The summed E-state index contributed by atoms with van der Waals surface area (Å²) in [5, 5.41) is 4.41. The average molecular weight is 326 g/mol. The van der Waals surface area contributed by atoms with Crippen molar-refractivity contribution in [2.24, 2.45) is 0 Å². The lowest BCUT2D eigenvalue weighted by Crippen LogP contribution is -2.53. The van der Waals surface area contributed by atoms with E-state index < -0.39 is 0 Å². The van der Waals surface area contributed by atoms with Crippen LogP contribution in [0.5, 0.6) is 0 Å². The molecule has 0 N–H and O–H groups in total. The van der Waals surface area contributed by atoms with Gasteiger partial charge in [-0.2, -0.15) is 5.10 Å². The number of hydrogen-bond donors (Lipinski definition) is 0. The molecule has 128 valence electrons. The highest BCUT2D eigenvalue weighted by atomic mass is 16.2. The van der Waals surface area contributed by atoms with Crippen molar-refractivity contribution in [3.05, 3.63) is 53.9 Å². The van der Waals surface area contributed by atoms with E-state index in [9.17, 15) is 4.79 Å². The first kappa shape index (κ1) is 16.7. The molecule has 1 fully saturated rings. The zero-order valence-corrected chi connectivity index (χ0v) is 14.7. The number of nitrogens with zero attached hydrogens (tertiary/aromatic N) is 4. The van der Waals surface area contributed by atoms with Gasteiger partial charge in [0.25, 0.3) is 0 Å². The third kappa shape index (κ3) is 3.22. The Hall–Kier alpha value is -2.14. The van der Waals surface area contributed by atoms with Gasteiger partial charge in [0.05, 0.1) is 12.2 Å². The summed E-state index contributed by atoms with van der Waals surface area (Å²) in [6.45, 7) is 9.32. The number of carbonyl (C=O) groups excluding carboxylic acids is 1. The average Bonchev–Trinajstić information content (AvgIpc) is 2.98. The van der Waals surface area contributed by atoms with Crippen molar-refractivity contribution in [3.63, 3.8) is 0 Å². The molecule has 2 heterocycles. The smallest absolute Gasteiger partial charge is 0.244 e. The monoisotopic (exact) mass is 326 g/mol. The highest BCUT2D eigenvalue weighted by Crippen LogP contribution is 2.32. The lowest BCUT2D eigenvalue weighted by molar-refractivity contribution is -0.139. The molecule has 1 aromatic heterocycles. The van der Waals surface area contributed by atoms with E-state index in [0.717, 1.165) is 31.7 Å². The fourth-order valence-electron chi connectivity index (χ4n) is 3.35. The first-order valence-corrected chi connectivity index (χ1v) is 8.72. The molecule has 2 aromatic rings. The summed E-state index contributed by atoms with van der Waals surface area (Å²) in [6.07, 6.45) is 3.96. The molecule has 0 aliphatic carbocycles. The number of likely N-dealkylation sites (tertiary alicyclic amines) is 1. The van der Waals surface area contributed by atoms with E-state index in [2.05, 4.69) is 35.3 Å². The zero-order valence-electron chi connectivity index (χ0n) is 14.7. The molecule has 1 unspecified atom stereocenters. The van der Waals surface area contributed by atoms with E-state index in [1.807, 2.05) is 47.8 Å². The quantitative estimate of drug-likeness (QED) is 0.819. The Morgan fingerprint density at radius 1 is 1.25 bits per heavy atom. The molecule has 0 saturated carbocycles. The molecular weight excluding hydrogens is 300 g/mol. The highest BCUT2D eigenvalue weighted by Gasteiger charge is 2.39. The molecule has 1 aromatic carbocycles. The van der Waals surface area contributed by atoms with E-state index in [4.69, 9.17) is 0 Å². The minimum atomic E-state index is -0.195. The standard InChI is InChI=1S/C19H26N4O/c1-4-21(5-2)19(24)18(16-9-7-6-8-10-16)22-13-17(14-22)23-12-15(3)11-20-23/h6-12,17-18H,4-5,13-14H2,1-3H3. The molecule has 1 aliphatic heterocycles. The van der Waals surface area contributed by atoms with Gasteiger partial charge in [-0.3, -0.25) is 14.4 Å². The fourth-order valence-corrected chi connectivity index (χ4v) is 3.35. The molecule has 1 saturated heterocycles. The number of rotatable bonds is 6. The van der Waals surface area contributed by atoms with Crippen LogP contribution in [0, 0.1) is 6.92 Å². The zero-order chi connectivity index (χ0) is 17.1. The van der Waals surface area contributed by atoms with E-state index in [-0.39, 0.29) is 11.9 Å². The van der Waals surface area contributed by atoms with Crippen LogP contribution in [0.25, 0.3) is 0 Å². The van der Waals surface area contributed by atoms with Gasteiger partial charge in [-0.15, -0.1) is 0 Å². The molecule has 5 nitrogen and oxygen atoms in total. The number of hydrogen-bond acceptors (Lipinski definition) is 3. The predicted molar refractivity (Wildman–Crippen MR) is 94.7 cm³/mol. The maximum absolute atomic E-state index is 13.0. The summed E-state index contributed by atoms with van der Waals surface area (Å²) in [4.78, 5) is 17.2. The van der Waals surface area contributed by atoms with E-state index in [0.29, 0.717) is 6.04 Å². The van der Waals surface area contributed by atoms with Crippen LogP contribution in [-0.2, 0) is 4.79 Å². The van der Waals surface area contributed by atoms with E-state index in [1.54, 1.807) is 0 Å². The van der Waals surface area contributed by atoms with Crippen LogP contribution < -0.4 is 0 Å². The summed E-state index contributed by atoms with van der Waals surface area (Å²) < 4.78 is 2.02. The van der Waals surface area contributed by atoms with Crippen LogP contribution in [0.3, 0.4) is 0 Å². The van der Waals surface area contributed by atoms with Gasteiger partial charge in [-0.05, 0) is 31.9 Å². The van der Waals surface area contributed by atoms with Gasteiger partial charge >= 0.3 is 0 Å². The van der Waals surface area contributed by atoms with Crippen LogP contribution in [-0.4, -0.2) is 51.7 Å². The molecule has 3 rings (SSSR count). The summed E-state index contributed by atoms with van der Waals surface area (Å²) in [5.74, 6) is 0.196. The lowest BCUT2D eigenvalue weighted by atomic mass is 9.98. The molecule has 1 aliphatic rings. The third-order valence-corrected chi connectivity index (χ3v) is 4.78. The van der Waals surface area contributed by atoms with Gasteiger partial charge in [0.2, 0.25) is 5.91 Å². The van der Waals surface area contributed by atoms with Crippen molar-refractivity contribution in [3.8, 4) is 0 Å². The number of aryl methyl sites for hydroxylation is 1. The summed E-state index contributed by atoms with van der Waals surface area (Å²) in [5.41, 5.74) is 2.25. The Kier molecular flexibility index (Phi) is 5.00. The maximum atomic E-state index is 13.0. The van der Waals surface area contributed by atoms with Gasteiger partial charge in [-0.25, -0.2) is 0 Å². The minimum absolute atomic E-state index is 0.195. The van der Waals surface area contributed by atoms with E-state index in [1.165, 1.54) is 5.56 Å². The molecule has 5 heteroatoms. The summed E-state index contributed by atoms with van der Waals surface area (Å²) in [6, 6.07) is 10.3. The number of likely N-dealkylation sites (N-methyl/N-ethyl adjacent to an activating group) is 1. The van der Waals surface area contributed by atoms with Crippen LogP contribution >= 0.6 is 0 Å². The van der Waals surface area contributed by atoms with Crippen molar-refractivity contribution in [2.45, 2.75) is 32.9 Å². The summed E-state index contributed by atoms with van der Waals surface area (Å²) >= 11 is 0. The Balaban J connectivity index is 1.78. The second-order valence-corrected chi connectivity index (χ2v) is 6.43. The van der Waals surface area contributed by atoms with Crippen LogP contribution in [0.1, 0.15) is 37.1 Å². The normalized spacial score (nSPS) is 16.6. The Morgan fingerprint density at radius 2 is 1.92 bits per heavy atom. The Bertz CT molecular complexity index is 672. The molecule has 0 spiro atoms. The topological polar surface area (TPSA) is 41.4 Å². The van der Waals surface area contributed by atoms with Gasteiger partial charge in [0, 0.05) is 32.4 Å². The number of amides is 1. The maximum Gasteiger partial charge on any atom is 0.244 e. The van der Waals surface area contributed by atoms with Crippen LogP contribution in [0.2, 0.25) is 0 Å². The van der Waals surface area contributed by atoms with E-state index >= 15 is 0 Å². The fraction of sp³-hybridized carbons (Fsp3) is 0.474. The summed E-state index contributed by atoms with van der Waals surface area (Å²) in [7, 11) is 0. The Morgan fingerprint density at radius 3 is 2.46 bits per heavy atom. The SMILES string of the molecule is CCN(CC)C(=O)C(c1ccccc1)N1CC(n2cc(C)cn2)C1. The molecule has 1 amide bonds. The lowest BCUT2D eigenvalue weighted by Gasteiger charge is -2.44. The second kappa shape index (κ2) is 7.18. The van der Waals surface area contributed by atoms with Gasteiger partial charge < -0.3 is 4.90 Å². The Labute approximate surface area is 143 Å². The molecule has 0 bridgehead atoms. The van der Waals surface area contributed by atoms with Crippen molar-refractivity contribution >= 4 is 5.91 Å². The first-order chi connectivity index (χ1) is 11.6. The van der Waals surface area contributed by atoms with Crippen LogP contribution in [0.15, 0.2) is 42.7 Å². The number of aromatic nitrogens is 2. The molecule has 24 heavy (non-hydrogen) atoms. The highest BCUT2D eigenvalue weighted by molar-refractivity contribution is 5.83. The number of benzene rings is 1. The minimum Gasteiger partial charge on any atom is -0.342 e. The van der Waals surface area contributed by atoms with Gasteiger partial charge in [-0.1, -0.05) is 30.3 Å². The van der Waals surface area contributed by atoms with Crippen molar-refractivity contribution in [2.75, 3.05) is 26.2 Å². The van der Waals surface area contributed by atoms with Gasteiger partial charge in [0.1, 0.15) is 6.04 Å². The first-order valence-electron chi connectivity index (χ1n) is 8.72. The van der Waals surface area contributed by atoms with Crippen molar-refractivity contribution in [1.82, 2.24) is 19.6 Å². The largest absolute Gasteiger partial charge is 0.342 e. The third-order valence-electron chi connectivity index (χ3n) is 4.78. The molecule has 0 radical (unpaired) electrons. The van der Waals surface area contributed by atoms with Crippen LogP contribution in [0.4, 0.5) is 0 Å².